The number of fused-ring (bicyclic) bond motifs is 1. The largest absolute Gasteiger partial charge is 0.324 e. The molecule has 0 aliphatic heterocycles. The molecule has 3 heteroatoms. The Morgan fingerprint density at radius 1 is 1.04 bits per heavy atom. The molecule has 3 rings (SSSR count). The van der Waals surface area contributed by atoms with Crippen LogP contribution in [0.15, 0.2) is 48.5 Å². The Bertz CT molecular complexity index is 813. The van der Waals surface area contributed by atoms with Crippen LogP contribution in [0.4, 0.5) is 0 Å². The number of imidazole rings is 1. The second-order valence-corrected chi connectivity index (χ2v) is 6.61. The average molecular weight is 325 g/mol. The molecule has 0 fully saturated rings. The van der Waals surface area contributed by atoms with Crippen LogP contribution in [0.1, 0.15) is 31.7 Å². The highest BCUT2D eigenvalue weighted by Crippen LogP contribution is 2.20. The molecule has 0 bridgehead atoms. The molecule has 118 valence electrons. The Kier molecular flexibility index (Phi) is 4.82. The first-order chi connectivity index (χ1) is 11.1. The molecule has 0 amide bonds. The van der Waals surface area contributed by atoms with Crippen molar-refractivity contribution < 1.29 is 0 Å². The number of para-hydroxylation sites is 2. The maximum atomic E-state index is 5.94. The first-order valence-corrected chi connectivity index (χ1v) is 8.40. The van der Waals surface area contributed by atoms with Gasteiger partial charge in [0.25, 0.3) is 0 Å². The number of aryl methyl sites for hydroxylation is 1. The maximum Gasteiger partial charge on any atom is 0.133 e. The van der Waals surface area contributed by atoms with E-state index >= 15 is 0 Å². The van der Waals surface area contributed by atoms with Crippen molar-refractivity contribution in [1.82, 2.24) is 9.55 Å². The summed E-state index contributed by atoms with van der Waals surface area (Å²) in [7, 11) is 0. The third kappa shape index (κ3) is 3.83. The van der Waals surface area contributed by atoms with Crippen molar-refractivity contribution >= 4 is 34.8 Å². The van der Waals surface area contributed by atoms with Gasteiger partial charge in [0.2, 0.25) is 0 Å². The Morgan fingerprint density at radius 3 is 2.52 bits per heavy atom. The zero-order valence-corrected chi connectivity index (χ0v) is 14.3. The second-order valence-electron chi connectivity index (χ2n) is 6.18. The summed E-state index contributed by atoms with van der Waals surface area (Å²) in [6.07, 6.45) is 5.31. The zero-order valence-electron chi connectivity index (χ0n) is 13.5. The number of halogens is 1. The lowest BCUT2D eigenvalue weighted by atomic mass is 10.1. The minimum absolute atomic E-state index is 0.671. The van der Waals surface area contributed by atoms with Gasteiger partial charge in [-0.15, -0.1) is 0 Å². The van der Waals surface area contributed by atoms with Crippen LogP contribution in [-0.2, 0) is 6.54 Å². The lowest BCUT2D eigenvalue weighted by Crippen LogP contribution is -2.03. The Labute approximate surface area is 142 Å². The van der Waals surface area contributed by atoms with E-state index < -0.39 is 0 Å². The van der Waals surface area contributed by atoms with E-state index in [-0.39, 0.29) is 0 Å². The number of nitrogens with zero attached hydrogens (tertiary/aromatic N) is 2. The molecule has 0 aliphatic carbocycles. The van der Waals surface area contributed by atoms with E-state index in [1.54, 1.807) is 0 Å². The first kappa shape index (κ1) is 15.8. The van der Waals surface area contributed by atoms with Crippen LogP contribution in [0.3, 0.4) is 0 Å². The summed E-state index contributed by atoms with van der Waals surface area (Å²) in [6.45, 7) is 5.49. The number of hydrogen-bond donors (Lipinski definition) is 0. The molecular formula is C20H21ClN2. The quantitative estimate of drug-likeness (QED) is 0.570. The fourth-order valence-electron chi connectivity index (χ4n) is 2.59. The maximum absolute atomic E-state index is 5.94. The van der Waals surface area contributed by atoms with Gasteiger partial charge in [-0.05, 0) is 48.2 Å². The molecule has 3 aromatic rings. The van der Waals surface area contributed by atoms with Crippen molar-refractivity contribution in [3.05, 3.63) is 64.9 Å². The van der Waals surface area contributed by atoms with E-state index in [9.17, 15) is 0 Å². The van der Waals surface area contributed by atoms with Gasteiger partial charge in [-0.3, -0.25) is 0 Å². The highest BCUT2D eigenvalue weighted by Gasteiger charge is 2.08. The second kappa shape index (κ2) is 7.01. The van der Waals surface area contributed by atoms with Gasteiger partial charge in [0.1, 0.15) is 5.82 Å². The van der Waals surface area contributed by atoms with Crippen LogP contribution in [0.2, 0.25) is 5.02 Å². The summed E-state index contributed by atoms with van der Waals surface area (Å²) in [4.78, 5) is 4.77. The van der Waals surface area contributed by atoms with E-state index in [0.29, 0.717) is 5.92 Å². The van der Waals surface area contributed by atoms with Crippen LogP contribution < -0.4 is 0 Å². The molecule has 0 saturated carbocycles. The third-order valence-electron chi connectivity index (χ3n) is 3.91. The fourth-order valence-corrected chi connectivity index (χ4v) is 2.71. The number of hydrogen-bond acceptors (Lipinski definition) is 1. The monoisotopic (exact) mass is 324 g/mol. The van der Waals surface area contributed by atoms with Crippen molar-refractivity contribution in [3.63, 3.8) is 0 Å². The molecule has 1 aromatic heterocycles. The lowest BCUT2D eigenvalue weighted by molar-refractivity contribution is 0.521. The summed E-state index contributed by atoms with van der Waals surface area (Å²) >= 11 is 5.94. The Morgan fingerprint density at radius 2 is 1.78 bits per heavy atom. The van der Waals surface area contributed by atoms with Gasteiger partial charge in [-0.1, -0.05) is 55.8 Å². The molecule has 0 unspecified atom stereocenters. The molecule has 0 aliphatic rings. The standard InChI is InChI=1S/C20H21ClN2/c1-15(2)13-14-23-19-6-4-3-5-18(19)22-20(23)12-9-16-7-10-17(21)11-8-16/h3-12,15H,13-14H2,1-2H3. The van der Waals surface area contributed by atoms with Gasteiger partial charge in [0.15, 0.2) is 0 Å². The molecule has 0 radical (unpaired) electrons. The molecular weight excluding hydrogens is 304 g/mol. The summed E-state index contributed by atoms with van der Waals surface area (Å²) in [5.74, 6) is 1.67. The highest BCUT2D eigenvalue weighted by atomic mass is 35.5. The minimum Gasteiger partial charge on any atom is -0.324 e. The molecule has 2 nitrogen and oxygen atoms in total. The van der Waals surface area contributed by atoms with Gasteiger partial charge >= 0.3 is 0 Å². The topological polar surface area (TPSA) is 17.8 Å². The Hall–Kier alpha value is -2.06. The number of benzene rings is 2. The van der Waals surface area contributed by atoms with Gasteiger partial charge < -0.3 is 4.57 Å². The predicted molar refractivity (Wildman–Crippen MR) is 99.6 cm³/mol. The lowest BCUT2D eigenvalue weighted by Gasteiger charge is -2.09. The SMILES string of the molecule is CC(C)CCn1c(C=Cc2ccc(Cl)cc2)nc2ccccc21. The summed E-state index contributed by atoms with van der Waals surface area (Å²) in [5, 5.41) is 0.756. The van der Waals surface area contributed by atoms with Crippen LogP contribution >= 0.6 is 11.6 Å². The van der Waals surface area contributed by atoms with Crippen LogP contribution in [0, 0.1) is 5.92 Å². The van der Waals surface area contributed by atoms with Crippen molar-refractivity contribution in [1.29, 1.82) is 0 Å². The predicted octanol–water partition coefficient (Wildman–Crippen LogP) is 5.91. The molecule has 23 heavy (non-hydrogen) atoms. The smallest absolute Gasteiger partial charge is 0.133 e. The highest BCUT2D eigenvalue weighted by molar-refractivity contribution is 6.30. The molecule has 0 atom stereocenters. The molecule has 0 spiro atoms. The average Bonchev–Trinajstić information content (AvgIpc) is 2.90. The Balaban J connectivity index is 1.95. The van der Waals surface area contributed by atoms with Crippen LogP contribution in [0.5, 0.6) is 0 Å². The van der Waals surface area contributed by atoms with E-state index in [1.807, 2.05) is 30.3 Å². The summed E-state index contributed by atoms with van der Waals surface area (Å²) in [5.41, 5.74) is 3.37. The van der Waals surface area contributed by atoms with Crippen LogP contribution in [-0.4, -0.2) is 9.55 Å². The van der Waals surface area contributed by atoms with E-state index in [2.05, 4.69) is 48.8 Å². The first-order valence-electron chi connectivity index (χ1n) is 8.02. The van der Waals surface area contributed by atoms with E-state index in [0.717, 1.165) is 34.9 Å². The zero-order chi connectivity index (χ0) is 16.2. The van der Waals surface area contributed by atoms with Crippen LogP contribution in [0.25, 0.3) is 23.2 Å². The molecule has 1 heterocycles. The van der Waals surface area contributed by atoms with Crippen molar-refractivity contribution in [2.45, 2.75) is 26.8 Å². The third-order valence-corrected chi connectivity index (χ3v) is 4.16. The van der Waals surface area contributed by atoms with Crippen molar-refractivity contribution in [2.75, 3.05) is 0 Å². The minimum atomic E-state index is 0.671. The molecule has 0 N–H and O–H groups in total. The van der Waals surface area contributed by atoms with Gasteiger partial charge in [0, 0.05) is 11.6 Å². The van der Waals surface area contributed by atoms with Gasteiger partial charge in [-0.25, -0.2) is 4.98 Å². The number of aromatic nitrogens is 2. The summed E-state index contributed by atoms with van der Waals surface area (Å²) in [6, 6.07) is 16.2. The number of rotatable bonds is 5. The fraction of sp³-hybridized carbons (Fsp3) is 0.250. The van der Waals surface area contributed by atoms with E-state index in [4.69, 9.17) is 16.6 Å². The molecule has 2 aromatic carbocycles. The van der Waals surface area contributed by atoms with E-state index in [1.165, 1.54) is 5.52 Å². The molecule has 0 saturated heterocycles. The van der Waals surface area contributed by atoms with Gasteiger partial charge in [-0.2, -0.15) is 0 Å². The van der Waals surface area contributed by atoms with Gasteiger partial charge in [0.05, 0.1) is 11.0 Å². The normalized spacial score (nSPS) is 11.8. The van der Waals surface area contributed by atoms with Crippen molar-refractivity contribution in [2.24, 2.45) is 5.92 Å². The van der Waals surface area contributed by atoms with Crippen molar-refractivity contribution in [3.8, 4) is 0 Å². The summed E-state index contributed by atoms with van der Waals surface area (Å²) < 4.78 is 2.31.